The molecule has 0 amide bonds. The predicted molar refractivity (Wildman–Crippen MR) is 84.3 cm³/mol. The van der Waals surface area contributed by atoms with Crippen molar-refractivity contribution in [2.24, 2.45) is 5.92 Å². The van der Waals surface area contributed by atoms with Crippen molar-refractivity contribution < 1.29 is 24.6 Å². The van der Waals surface area contributed by atoms with Crippen LogP contribution >= 0.6 is 0 Å². The van der Waals surface area contributed by atoms with Crippen molar-refractivity contribution in [3.05, 3.63) is 47.0 Å². The zero-order valence-corrected chi connectivity index (χ0v) is 12.8. The van der Waals surface area contributed by atoms with E-state index in [1.165, 1.54) is 0 Å². The van der Waals surface area contributed by atoms with Gasteiger partial charge in [0.1, 0.15) is 0 Å². The van der Waals surface area contributed by atoms with E-state index in [4.69, 9.17) is 0 Å². The highest BCUT2D eigenvalue weighted by Gasteiger charge is 2.30. The highest BCUT2D eigenvalue weighted by atomic mass is 16.4. The molecule has 0 bridgehead atoms. The molecule has 1 aliphatic rings. The first-order valence-corrected chi connectivity index (χ1v) is 7.78. The second-order valence-electron chi connectivity index (χ2n) is 5.80. The molecule has 0 heterocycles. The molecule has 0 aromatic heterocycles. The standard InChI is InChI=1S/C18H20O5/c19-15(12-7-3-1-4-8-12)11-14(17(20)21)16(18(22)23)13-9-5-2-6-10-13/h1,3-4,7-8,13H,2,5-6,9-11H2,(H,20,21)(H,22,23)/b16-14+. The van der Waals surface area contributed by atoms with Gasteiger partial charge in [-0.25, -0.2) is 9.59 Å². The van der Waals surface area contributed by atoms with Crippen LogP contribution in [0.25, 0.3) is 0 Å². The molecule has 2 N–H and O–H groups in total. The second kappa shape index (κ2) is 7.72. The van der Waals surface area contributed by atoms with Gasteiger partial charge in [-0.05, 0) is 18.8 Å². The molecule has 2 rings (SSSR count). The topological polar surface area (TPSA) is 91.7 Å². The Kier molecular flexibility index (Phi) is 5.68. The third-order valence-corrected chi connectivity index (χ3v) is 4.26. The Hall–Kier alpha value is -2.43. The van der Waals surface area contributed by atoms with Crippen molar-refractivity contribution in [3.63, 3.8) is 0 Å². The molecule has 1 aliphatic carbocycles. The number of carboxylic acids is 2. The molecule has 23 heavy (non-hydrogen) atoms. The van der Waals surface area contributed by atoms with Gasteiger partial charge in [-0.3, -0.25) is 4.79 Å². The van der Waals surface area contributed by atoms with E-state index in [-0.39, 0.29) is 22.8 Å². The summed E-state index contributed by atoms with van der Waals surface area (Å²) in [6.45, 7) is 0. The van der Waals surface area contributed by atoms with Gasteiger partial charge in [0.05, 0.1) is 11.1 Å². The lowest BCUT2D eigenvalue weighted by Gasteiger charge is -2.23. The van der Waals surface area contributed by atoms with E-state index in [1.54, 1.807) is 30.3 Å². The molecule has 0 aliphatic heterocycles. The lowest BCUT2D eigenvalue weighted by molar-refractivity contribution is -0.136. The van der Waals surface area contributed by atoms with Crippen LogP contribution in [0, 0.1) is 5.92 Å². The lowest BCUT2D eigenvalue weighted by Crippen LogP contribution is -2.22. The van der Waals surface area contributed by atoms with Crippen molar-refractivity contribution in [2.75, 3.05) is 0 Å². The Labute approximate surface area is 134 Å². The van der Waals surface area contributed by atoms with Gasteiger partial charge in [-0.2, -0.15) is 0 Å². The second-order valence-corrected chi connectivity index (χ2v) is 5.80. The van der Waals surface area contributed by atoms with Crippen LogP contribution in [0.4, 0.5) is 0 Å². The summed E-state index contributed by atoms with van der Waals surface area (Å²) in [5.41, 5.74) is 0.0133. The molecule has 1 aromatic rings. The molecule has 1 aromatic carbocycles. The van der Waals surface area contributed by atoms with Crippen molar-refractivity contribution >= 4 is 17.7 Å². The van der Waals surface area contributed by atoms with Gasteiger partial charge in [0.25, 0.3) is 0 Å². The van der Waals surface area contributed by atoms with E-state index in [0.29, 0.717) is 18.4 Å². The number of hydrogen-bond acceptors (Lipinski definition) is 3. The number of carboxylic acid groups (broad SMARTS) is 2. The SMILES string of the molecule is O=C(O)/C(CC(=O)c1ccccc1)=C(/C(=O)O)C1CCCCC1. The average molecular weight is 316 g/mol. The van der Waals surface area contributed by atoms with Crippen molar-refractivity contribution in [1.82, 2.24) is 0 Å². The number of hydrogen-bond donors (Lipinski definition) is 2. The van der Waals surface area contributed by atoms with Crippen LogP contribution in [0.1, 0.15) is 48.9 Å². The summed E-state index contributed by atoms with van der Waals surface area (Å²) in [5, 5.41) is 18.9. The third-order valence-electron chi connectivity index (χ3n) is 4.26. The summed E-state index contributed by atoms with van der Waals surface area (Å²) in [6.07, 6.45) is 3.75. The minimum atomic E-state index is -1.32. The minimum absolute atomic E-state index is 0.0959. The van der Waals surface area contributed by atoms with Crippen LogP contribution in [0.5, 0.6) is 0 Å². The molecule has 0 atom stereocenters. The Balaban J connectivity index is 2.34. The Morgan fingerprint density at radius 2 is 1.52 bits per heavy atom. The Bertz CT molecular complexity index is 624. The van der Waals surface area contributed by atoms with Gasteiger partial charge in [-0.15, -0.1) is 0 Å². The number of aliphatic carboxylic acids is 2. The van der Waals surface area contributed by atoms with Crippen LogP contribution in [-0.4, -0.2) is 27.9 Å². The lowest BCUT2D eigenvalue weighted by atomic mass is 9.80. The maximum atomic E-state index is 12.3. The molecule has 5 nitrogen and oxygen atoms in total. The van der Waals surface area contributed by atoms with E-state index >= 15 is 0 Å². The van der Waals surface area contributed by atoms with E-state index < -0.39 is 18.4 Å². The zero-order chi connectivity index (χ0) is 16.8. The van der Waals surface area contributed by atoms with Gasteiger partial charge in [0.15, 0.2) is 5.78 Å². The summed E-state index contributed by atoms with van der Waals surface area (Å²) in [4.78, 5) is 35.5. The molecular weight excluding hydrogens is 296 g/mol. The van der Waals surface area contributed by atoms with E-state index in [0.717, 1.165) is 19.3 Å². The fraction of sp³-hybridized carbons (Fsp3) is 0.389. The van der Waals surface area contributed by atoms with Gasteiger partial charge < -0.3 is 10.2 Å². The zero-order valence-electron chi connectivity index (χ0n) is 12.8. The molecular formula is C18H20O5. The van der Waals surface area contributed by atoms with Crippen LogP contribution in [0.2, 0.25) is 0 Å². The molecule has 0 saturated heterocycles. The molecule has 1 saturated carbocycles. The molecule has 1 fully saturated rings. The largest absolute Gasteiger partial charge is 0.478 e. The average Bonchev–Trinajstić information content (AvgIpc) is 2.55. The number of carbonyl (C=O) groups is 3. The molecule has 5 heteroatoms. The van der Waals surface area contributed by atoms with E-state index in [9.17, 15) is 24.6 Å². The highest BCUT2D eigenvalue weighted by molar-refractivity contribution is 6.07. The summed E-state index contributed by atoms with van der Waals surface area (Å²) in [5.74, 6) is -3.21. The fourth-order valence-corrected chi connectivity index (χ4v) is 3.11. The van der Waals surface area contributed by atoms with Gasteiger partial charge in [-0.1, -0.05) is 49.6 Å². The third kappa shape index (κ3) is 4.28. The highest BCUT2D eigenvalue weighted by Crippen LogP contribution is 2.32. The van der Waals surface area contributed by atoms with Crippen LogP contribution in [0.3, 0.4) is 0 Å². The predicted octanol–water partition coefficient (Wildman–Crippen LogP) is 3.31. The maximum Gasteiger partial charge on any atom is 0.332 e. The maximum absolute atomic E-state index is 12.3. The number of rotatable bonds is 6. The fourth-order valence-electron chi connectivity index (χ4n) is 3.11. The molecule has 0 unspecified atom stereocenters. The molecule has 0 radical (unpaired) electrons. The van der Waals surface area contributed by atoms with Crippen molar-refractivity contribution in [3.8, 4) is 0 Å². The first kappa shape index (κ1) is 16.9. The summed E-state index contributed by atoms with van der Waals surface area (Å²) in [7, 11) is 0. The minimum Gasteiger partial charge on any atom is -0.478 e. The quantitative estimate of drug-likeness (QED) is 0.620. The molecule has 0 spiro atoms. The Morgan fingerprint density at radius 3 is 2.04 bits per heavy atom. The van der Waals surface area contributed by atoms with Crippen molar-refractivity contribution in [1.29, 1.82) is 0 Å². The van der Waals surface area contributed by atoms with Crippen LogP contribution < -0.4 is 0 Å². The van der Waals surface area contributed by atoms with E-state index in [1.807, 2.05) is 0 Å². The van der Waals surface area contributed by atoms with Gasteiger partial charge in [0.2, 0.25) is 0 Å². The normalized spacial score (nSPS) is 16.5. The first-order valence-electron chi connectivity index (χ1n) is 7.78. The number of ketones is 1. The van der Waals surface area contributed by atoms with Crippen LogP contribution in [0.15, 0.2) is 41.5 Å². The number of benzene rings is 1. The smallest absolute Gasteiger partial charge is 0.332 e. The molecule has 122 valence electrons. The summed E-state index contributed by atoms with van der Waals surface area (Å²) in [6, 6.07) is 8.34. The van der Waals surface area contributed by atoms with E-state index in [2.05, 4.69) is 0 Å². The monoisotopic (exact) mass is 316 g/mol. The first-order chi connectivity index (χ1) is 11.0. The summed E-state index contributed by atoms with van der Waals surface area (Å²) < 4.78 is 0. The van der Waals surface area contributed by atoms with Crippen LogP contribution in [-0.2, 0) is 9.59 Å². The summed E-state index contributed by atoms with van der Waals surface area (Å²) >= 11 is 0. The van der Waals surface area contributed by atoms with Crippen molar-refractivity contribution in [2.45, 2.75) is 38.5 Å². The Morgan fingerprint density at radius 1 is 0.913 bits per heavy atom. The van der Waals surface area contributed by atoms with Gasteiger partial charge in [0, 0.05) is 12.0 Å². The van der Waals surface area contributed by atoms with Gasteiger partial charge >= 0.3 is 11.9 Å². The number of Topliss-reactive ketones (excluding diaryl/α,β-unsaturated/α-hetero) is 1. The number of carbonyl (C=O) groups excluding carboxylic acids is 1.